The Labute approximate surface area is 147 Å². The van der Waals surface area contributed by atoms with Crippen molar-refractivity contribution in [3.8, 4) is 0 Å². The van der Waals surface area contributed by atoms with Gasteiger partial charge in [-0.15, -0.1) is 0 Å². The molecule has 4 N–H and O–H groups in total. The number of nitrogens with zero attached hydrogens (tertiary/aromatic N) is 1. The highest BCUT2D eigenvalue weighted by Gasteiger charge is 2.21. The van der Waals surface area contributed by atoms with Crippen molar-refractivity contribution in [3.63, 3.8) is 0 Å². The third kappa shape index (κ3) is 6.35. The molecule has 6 nitrogen and oxygen atoms in total. The molecule has 0 aliphatic carbocycles. The maximum atomic E-state index is 12.5. The monoisotopic (exact) mass is 340 g/mol. The fourth-order valence-corrected chi connectivity index (χ4v) is 2.34. The summed E-state index contributed by atoms with van der Waals surface area (Å²) in [6, 6.07) is 11.9. The summed E-state index contributed by atoms with van der Waals surface area (Å²) in [7, 11) is 0. The second kappa shape index (κ2) is 9.54. The van der Waals surface area contributed by atoms with Gasteiger partial charge in [-0.25, -0.2) is 0 Å². The maximum Gasteiger partial charge on any atom is 0.251 e. The second-order valence-electron chi connectivity index (χ2n) is 6.01. The predicted molar refractivity (Wildman–Crippen MR) is 96.9 cm³/mol. The molecule has 132 valence electrons. The van der Waals surface area contributed by atoms with Gasteiger partial charge in [-0.1, -0.05) is 24.3 Å². The molecule has 2 aromatic rings. The summed E-state index contributed by atoms with van der Waals surface area (Å²) in [6.07, 6.45) is 4.41. The van der Waals surface area contributed by atoms with Crippen LogP contribution in [0.1, 0.15) is 29.3 Å². The zero-order chi connectivity index (χ0) is 18.1. The van der Waals surface area contributed by atoms with Crippen LogP contribution in [0.25, 0.3) is 0 Å². The van der Waals surface area contributed by atoms with Crippen molar-refractivity contribution in [3.05, 3.63) is 66.0 Å². The van der Waals surface area contributed by atoms with E-state index in [-0.39, 0.29) is 17.9 Å². The van der Waals surface area contributed by atoms with E-state index in [0.29, 0.717) is 24.9 Å². The lowest BCUT2D eigenvalue weighted by molar-refractivity contribution is -0.122. The van der Waals surface area contributed by atoms with Crippen LogP contribution >= 0.6 is 0 Å². The molecule has 0 saturated carbocycles. The molecule has 1 heterocycles. The van der Waals surface area contributed by atoms with Gasteiger partial charge in [0.25, 0.3) is 5.91 Å². The Morgan fingerprint density at radius 1 is 1.16 bits per heavy atom. The van der Waals surface area contributed by atoms with E-state index < -0.39 is 6.04 Å². The Morgan fingerprint density at radius 3 is 2.56 bits per heavy atom. The molecular formula is C19H24N4O2. The highest BCUT2D eigenvalue weighted by Crippen LogP contribution is 2.05. The summed E-state index contributed by atoms with van der Waals surface area (Å²) in [5, 5.41) is 5.65. The number of amides is 2. The molecule has 6 heteroatoms. The van der Waals surface area contributed by atoms with Gasteiger partial charge in [0.05, 0.1) is 0 Å². The van der Waals surface area contributed by atoms with E-state index >= 15 is 0 Å². The van der Waals surface area contributed by atoms with Crippen LogP contribution in [0.5, 0.6) is 0 Å². The molecule has 0 radical (unpaired) electrons. The van der Waals surface area contributed by atoms with E-state index in [1.807, 2.05) is 19.1 Å². The lowest BCUT2D eigenvalue weighted by atomic mass is 10.1. The average Bonchev–Trinajstić information content (AvgIpc) is 2.62. The molecule has 2 rings (SSSR count). The number of benzene rings is 1. The SMILES string of the molecule is CC(N)CCNC(=O)C(Cc1cccnc1)NC(=O)c1ccccc1. The van der Waals surface area contributed by atoms with Gasteiger partial charge < -0.3 is 16.4 Å². The molecule has 2 atom stereocenters. The minimum atomic E-state index is -0.676. The van der Waals surface area contributed by atoms with Gasteiger partial charge in [-0.3, -0.25) is 14.6 Å². The van der Waals surface area contributed by atoms with Gasteiger partial charge in [-0.05, 0) is 37.1 Å². The fourth-order valence-electron chi connectivity index (χ4n) is 2.34. The van der Waals surface area contributed by atoms with E-state index in [2.05, 4.69) is 15.6 Å². The van der Waals surface area contributed by atoms with E-state index in [0.717, 1.165) is 5.56 Å². The summed E-state index contributed by atoms with van der Waals surface area (Å²) in [5.41, 5.74) is 7.10. The Balaban J connectivity index is 2.05. The van der Waals surface area contributed by atoms with E-state index in [1.165, 1.54) is 0 Å². The molecule has 2 unspecified atom stereocenters. The summed E-state index contributed by atoms with van der Waals surface area (Å²) in [5.74, 6) is -0.509. The summed E-state index contributed by atoms with van der Waals surface area (Å²) in [6.45, 7) is 2.36. The molecule has 0 aliphatic heterocycles. The molecule has 0 fully saturated rings. The Bertz CT molecular complexity index is 674. The first-order valence-corrected chi connectivity index (χ1v) is 8.34. The molecule has 0 aliphatic rings. The molecule has 0 bridgehead atoms. The summed E-state index contributed by atoms with van der Waals surface area (Å²) >= 11 is 0. The zero-order valence-corrected chi connectivity index (χ0v) is 14.3. The first kappa shape index (κ1) is 18.6. The molecule has 0 saturated heterocycles. The Morgan fingerprint density at radius 2 is 1.92 bits per heavy atom. The van der Waals surface area contributed by atoms with E-state index in [9.17, 15) is 9.59 Å². The topological polar surface area (TPSA) is 97.1 Å². The fraction of sp³-hybridized carbons (Fsp3) is 0.316. The zero-order valence-electron chi connectivity index (χ0n) is 14.3. The van der Waals surface area contributed by atoms with Crippen molar-refractivity contribution < 1.29 is 9.59 Å². The minimum absolute atomic E-state index is 0.0102. The summed E-state index contributed by atoms with van der Waals surface area (Å²) in [4.78, 5) is 29.0. The molecule has 1 aromatic heterocycles. The standard InChI is InChI=1S/C19H24N4O2/c1-14(20)9-11-22-19(25)17(12-15-6-5-10-21-13-15)23-18(24)16-7-3-2-4-8-16/h2-8,10,13-14,17H,9,11-12,20H2,1H3,(H,22,25)(H,23,24). The van der Waals surface area contributed by atoms with Gasteiger partial charge in [0.15, 0.2) is 0 Å². The highest BCUT2D eigenvalue weighted by atomic mass is 16.2. The first-order chi connectivity index (χ1) is 12.1. The smallest absolute Gasteiger partial charge is 0.251 e. The van der Waals surface area contributed by atoms with Crippen molar-refractivity contribution in [1.82, 2.24) is 15.6 Å². The molecule has 0 spiro atoms. The third-order valence-corrected chi connectivity index (χ3v) is 3.72. The average molecular weight is 340 g/mol. The molecular weight excluding hydrogens is 316 g/mol. The van der Waals surface area contributed by atoms with Crippen LogP contribution in [-0.2, 0) is 11.2 Å². The van der Waals surface area contributed by atoms with Gasteiger partial charge in [-0.2, -0.15) is 0 Å². The largest absolute Gasteiger partial charge is 0.354 e. The number of nitrogens with one attached hydrogen (secondary N) is 2. The lowest BCUT2D eigenvalue weighted by Crippen LogP contribution is -2.48. The van der Waals surface area contributed by atoms with E-state index in [4.69, 9.17) is 5.73 Å². The van der Waals surface area contributed by atoms with Gasteiger partial charge in [0.2, 0.25) is 5.91 Å². The van der Waals surface area contributed by atoms with Crippen LogP contribution in [0.4, 0.5) is 0 Å². The van der Waals surface area contributed by atoms with Crippen molar-refractivity contribution in [1.29, 1.82) is 0 Å². The third-order valence-electron chi connectivity index (χ3n) is 3.72. The van der Waals surface area contributed by atoms with Crippen LogP contribution in [-0.4, -0.2) is 35.4 Å². The Kier molecular flexibility index (Phi) is 7.10. The highest BCUT2D eigenvalue weighted by molar-refractivity contribution is 5.97. The molecule has 2 amide bonds. The predicted octanol–water partition coefficient (Wildman–Crippen LogP) is 1.28. The van der Waals surface area contributed by atoms with Crippen molar-refractivity contribution in [2.24, 2.45) is 5.73 Å². The van der Waals surface area contributed by atoms with Crippen molar-refractivity contribution in [2.45, 2.75) is 31.8 Å². The van der Waals surface area contributed by atoms with Crippen molar-refractivity contribution >= 4 is 11.8 Å². The normalized spacial score (nSPS) is 12.9. The van der Waals surface area contributed by atoms with Gasteiger partial charge in [0.1, 0.15) is 6.04 Å². The van der Waals surface area contributed by atoms with Crippen LogP contribution in [0.15, 0.2) is 54.9 Å². The van der Waals surface area contributed by atoms with Crippen LogP contribution in [0.3, 0.4) is 0 Å². The number of carbonyl (C=O) groups excluding carboxylic acids is 2. The number of hydrogen-bond donors (Lipinski definition) is 3. The minimum Gasteiger partial charge on any atom is -0.354 e. The van der Waals surface area contributed by atoms with Gasteiger partial charge in [0, 0.05) is 37.0 Å². The number of rotatable bonds is 8. The number of hydrogen-bond acceptors (Lipinski definition) is 4. The first-order valence-electron chi connectivity index (χ1n) is 8.34. The lowest BCUT2D eigenvalue weighted by Gasteiger charge is -2.19. The van der Waals surface area contributed by atoms with Crippen LogP contribution in [0, 0.1) is 0 Å². The quantitative estimate of drug-likeness (QED) is 0.674. The number of carbonyl (C=O) groups is 2. The molecule has 25 heavy (non-hydrogen) atoms. The van der Waals surface area contributed by atoms with Crippen LogP contribution in [0.2, 0.25) is 0 Å². The maximum absolute atomic E-state index is 12.5. The second-order valence-corrected chi connectivity index (χ2v) is 6.01. The van der Waals surface area contributed by atoms with E-state index in [1.54, 1.807) is 42.7 Å². The Hall–Kier alpha value is -2.73. The van der Waals surface area contributed by atoms with Gasteiger partial charge >= 0.3 is 0 Å². The number of nitrogens with two attached hydrogens (primary N) is 1. The summed E-state index contributed by atoms with van der Waals surface area (Å²) < 4.78 is 0. The van der Waals surface area contributed by atoms with Crippen LogP contribution < -0.4 is 16.4 Å². The van der Waals surface area contributed by atoms with Crippen molar-refractivity contribution in [2.75, 3.05) is 6.54 Å². The number of pyridine rings is 1. The number of aromatic nitrogens is 1. The molecule has 1 aromatic carbocycles.